The van der Waals surface area contributed by atoms with Crippen LogP contribution in [0.2, 0.25) is 0 Å². The minimum absolute atomic E-state index is 0.131. The number of likely N-dealkylation sites (tertiary alicyclic amines) is 3. The summed E-state index contributed by atoms with van der Waals surface area (Å²) in [4.78, 5) is 32.6. The summed E-state index contributed by atoms with van der Waals surface area (Å²) in [6, 6.07) is 3.32. The molecule has 31 heavy (non-hydrogen) atoms. The van der Waals surface area contributed by atoms with E-state index in [1.807, 2.05) is 11.8 Å². The lowest BCUT2D eigenvalue weighted by atomic mass is 9.60. The number of nitrogens with zero attached hydrogens (tertiary/aromatic N) is 3. The summed E-state index contributed by atoms with van der Waals surface area (Å²) in [5.41, 5.74) is -0.325. The largest absolute Gasteiger partial charge is 0.342 e. The molecule has 0 radical (unpaired) electrons. The van der Waals surface area contributed by atoms with Crippen LogP contribution in [0.4, 0.5) is 8.78 Å². The quantitative estimate of drug-likeness (QED) is 0.731. The number of halogens is 2. The number of benzene rings is 1. The van der Waals surface area contributed by atoms with Crippen LogP contribution in [0.1, 0.15) is 50.4 Å². The lowest BCUT2D eigenvalue weighted by molar-refractivity contribution is -0.141. The minimum atomic E-state index is -1.00. The molecular weight excluding hydrogens is 400 g/mol. The van der Waals surface area contributed by atoms with Gasteiger partial charge in [0, 0.05) is 56.8 Å². The van der Waals surface area contributed by atoms with Crippen molar-refractivity contribution in [1.82, 2.24) is 14.7 Å². The summed E-state index contributed by atoms with van der Waals surface area (Å²) >= 11 is 0. The van der Waals surface area contributed by atoms with Crippen LogP contribution >= 0.6 is 0 Å². The molecule has 2 amide bonds. The van der Waals surface area contributed by atoms with Crippen molar-refractivity contribution in [3.63, 3.8) is 0 Å². The van der Waals surface area contributed by atoms with Gasteiger partial charge in [-0.25, -0.2) is 8.78 Å². The second-order valence-corrected chi connectivity index (χ2v) is 9.98. The van der Waals surface area contributed by atoms with Crippen LogP contribution in [0.15, 0.2) is 18.2 Å². The van der Waals surface area contributed by atoms with E-state index in [0.29, 0.717) is 19.0 Å². The van der Waals surface area contributed by atoms with Crippen molar-refractivity contribution in [2.24, 2.45) is 16.7 Å². The summed E-state index contributed by atoms with van der Waals surface area (Å²) in [7, 11) is 0. The third kappa shape index (κ3) is 3.65. The highest BCUT2D eigenvalue weighted by molar-refractivity contribution is 5.94. The van der Waals surface area contributed by atoms with Crippen LogP contribution in [-0.2, 0) is 4.79 Å². The van der Waals surface area contributed by atoms with Crippen molar-refractivity contribution in [1.29, 1.82) is 0 Å². The molecule has 5 nitrogen and oxygen atoms in total. The van der Waals surface area contributed by atoms with Gasteiger partial charge in [-0.05, 0) is 50.3 Å². The van der Waals surface area contributed by atoms with Gasteiger partial charge in [0.2, 0.25) is 5.91 Å². The molecule has 7 heteroatoms. The number of carbonyl (C=O) groups excluding carboxylic acids is 2. The SMILES string of the molecule is CCN1CCC2(CN(CC(C)C)CC23CCN(C(=O)c2ccc(F)c(F)c2)CC3)C1=O. The molecule has 3 aliphatic heterocycles. The molecule has 2 spiro atoms. The van der Waals surface area contributed by atoms with Crippen molar-refractivity contribution in [3.05, 3.63) is 35.4 Å². The third-order valence-corrected chi connectivity index (χ3v) is 7.72. The Bertz CT molecular complexity index is 866. The van der Waals surface area contributed by atoms with Crippen LogP contribution < -0.4 is 0 Å². The van der Waals surface area contributed by atoms with Crippen LogP contribution in [0.25, 0.3) is 0 Å². The van der Waals surface area contributed by atoms with Gasteiger partial charge in [-0.2, -0.15) is 0 Å². The van der Waals surface area contributed by atoms with Gasteiger partial charge in [0.25, 0.3) is 5.91 Å². The maximum atomic E-state index is 13.6. The Labute approximate surface area is 183 Å². The molecule has 0 aliphatic carbocycles. The molecule has 170 valence electrons. The fourth-order valence-electron chi connectivity index (χ4n) is 6.19. The van der Waals surface area contributed by atoms with Crippen molar-refractivity contribution < 1.29 is 18.4 Å². The average Bonchev–Trinajstić information content (AvgIpc) is 3.21. The molecule has 1 aromatic rings. The number of fused-ring (bicyclic) bond motifs is 1. The van der Waals surface area contributed by atoms with E-state index in [9.17, 15) is 18.4 Å². The van der Waals surface area contributed by atoms with E-state index in [1.165, 1.54) is 6.07 Å². The average molecular weight is 434 g/mol. The highest BCUT2D eigenvalue weighted by Gasteiger charge is 2.64. The number of amides is 2. The lowest BCUT2D eigenvalue weighted by Crippen LogP contribution is -2.53. The first-order valence-electron chi connectivity index (χ1n) is 11.5. The molecule has 0 saturated carbocycles. The van der Waals surface area contributed by atoms with E-state index in [2.05, 4.69) is 18.7 Å². The number of piperidine rings is 1. The molecule has 0 bridgehead atoms. The molecule has 0 N–H and O–H groups in total. The summed E-state index contributed by atoms with van der Waals surface area (Å²) in [6.07, 6.45) is 2.41. The number of rotatable bonds is 4. The summed E-state index contributed by atoms with van der Waals surface area (Å²) < 4.78 is 26.9. The number of carbonyl (C=O) groups is 2. The molecule has 3 heterocycles. The smallest absolute Gasteiger partial charge is 0.253 e. The predicted molar refractivity (Wildman–Crippen MR) is 115 cm³/mol. The first-order valence-corrected chi connectivity index (χ1v) is 11.5. The fourth-order valence-corrected chi connectivity index (χ4v) is 6.19. The fraction of sp³-hybridized carbons (Fsp3) is 0.667. The van der Waals surface area contributed by atoms with Gasteiger partial charge in [0.15, 0.2) is 11.6 Å². The zero-order chi connectivity index (χ0) is 22.4. The standard InChI is InChI=1S/C24H33F2N3O2/c1-4-28-12-9-24(22(28)31)16-27(14-17(2)3)15-23(24)7-10-29(11-8-23)21(30)18-5-6-19(25)20(26)13-18/h5-6,13,17H,4,7-12,14-16H2,1-3H3. The van der Waals surface area contributed by atoms with Gasteiger partial charge in [-0.3, -0.25) is 9.59 Å². The van der Waals surface area contributed by atoms with Gasteiger partial charge in [0.05, 0.1) is 5.41 Å². The molecule has 0 aromatic heterocycles. The number of hydrogen-bond donors (Lipinski definition) is 0. The monoisotopic (exact) mass is 433 g/mol. The second-order valence-electron chi connectivity index (χ2n) is 9.98. The number of hydrogen-bond acceptors (Lipinski definition) is 3. The van der Waals surface area contributed by atoms with Gasteiger partial charge in [-0.15, -0.1) is 0 Å². The van der Waals surface area contributed by atoms with Crippen LogP contribution in [-0.4, -0.2) is 72.3 Å². The zero-order valence-electron chi connectivity index (χ0n) is 18.8. The molecule has 3 saturated heterocycles. The molecule has 3 fully saturated rings. The maximum Gasteiger partial charge on any atom is 0.253 e. The Balaban J connectivity index is 1.55. The van der Waals surface area contributed by atoms with Crippen molar-refractivity contribution in [2.75, 3.05) is 45.8 Å². The Morgan fingerprint density at radius 3 is 2.35 bits per heavy atom. The van der Waals surface area contributed by atoms with Gasteiger partial charge >= 0.3 is 0 Å². The lowest BCUT2D eigenvalue weighted by Gasteiger charge is -2.47. The minimum Gasteiger partial charge on any atom is -0.342 e. The Kier molecular flexibility index (Phi) is 5.83. The molecule has 3 aliphatic rings. The van der Waals surface area contributed by atoms with E-state index >= 15 is 0 Å². The van der Waals surface area contributed by atoms with Gasteiger partial charge in [-0.1, -0.05) is 13.8 Å². The third-order valence-electron chi connectivity index (χ3n) is 7.72. The highest BCUT2D eigenvalue weighted by atomic mass is 19.2. The second kappa shape index (κ2) is 8.15. The van der Waals surface area contributed by atoms with E-state index < -0.39 is 11.6 Å². The van der Waals surface area contributed by atoms with Gasteiger partial charge in [0.1, 0.15) is 0 Å². The van der Waals surface area contributed by atoms with Crippen LogP contribution in [0.3, 0.4) is 0 Å². The van der Waals surface area contributed by atoms with E-state index in [1.54, 1.807) is 4.90 Å². The van der Waals surface area contributed by atoms with E-state index in [4.69, 9.17) is 0 Å². The molecule has 4 rings (SSSR count). The van der Waals surface area contributed by atoms with Gasteiger partial charge < -0.3 is 14.7 Å². The Hall–Kier alpha value is -2.02. The topological polar surface area (TPSA) is 43.9 Å². The predicted octanol–water partition coefficient (Wildman–Crippen LogP) is 3.40. The van der Waals surface area contributed by atoms with Crippen LogP contribution in [0, 0.1) is 28.4 Å². The molecular formula is C24H33F2N3O2. The van der Waals surface area contributed by atoms with Crippen molar-refractivity contribution >= 4 is 11.8 Å². The highest BCUT2D eigenvalue weighted by Crippen LogP contribution is 2.58. The van der Waals surface area contributed by atoms with Crippen molar-refractivity contribution in [3.8, 4) is 0 Å². The molecule has 1 atom stereocenters. The zero-order valence-corrected chi connectivity index (χ0v) is 18.8. The van der Waals surface area contributed by atoms with Crippen LogP contribution in [0.5, 0.6) is 0 Å². The first-order chi connectivity index (χ1) is 14.7. The Morgan fingerprint density at radius 1 is 1.06 bits per heavy atom. The maximum absolute atomic E-state index is 13.6. The molecule has 1 unspecified atom stereocenters. The molecule has 1 aromatic carbocycles. The van der Waals surface area contributed by atoms with Crippen molar-refractivity contribution in [2.45, 2.75) is 40.0 Å². The summed E-state index contributed by atoms with van der Waals surface area (Å²) in [5.74, 6) is -1.42. The summed E-state index contributed by atoms with van der Waals surface area (Å²) in [6.45, 7) is 11.7. The van der Waals surface area contributed by atoms with E-state index in [0.717, 1.165) is 64.1 Å². The van der Waals surface area contributed by atoms with E-state index in [-0.39, 0.29) is 28.2 Å². The first kappa shape index (κ1) is 22.2. The summed E-state index contributed by atoms with van der Waals surface area (Å²) in [5, 5.41) is 0. The Morgan fingerprint density at radius 2 is 1.77 bits per heavy atom. The normalized spacial score (nSPS) is 26.1.